The minimum absolute atomic E-state index is 0.0791. The minimum Gasteiger partial charge on any atom is -0.381 e. The SMILES string of the molecule is COC1CCC2(CC1)Cc1ccc(CCC3OCCO3)cc1C2=O. The summed E-state index contributed by atoms with van der Waals surface area (Å²) in [6.07, 6.45) is 6.82. The molecular formula is C20H26O4. The second kappa shape index (κ2) is 6.58. The zero-order valence-electron chi connectivity index (χ0n) is 14.4. The van der Waals surface area contributed by atoms with Gasteiger partial charge in [-0.3, -0.25) is 4.79 Å². The molecule has 1 aromatic rings. The van der Waals surface area contributed by atoms with Crippen LogP contribution in [0.1, 0.15) is 53.6 Å². The van der Waals surface area contributed by atoms with Crippen molar-refractivity contribution in [2.24, 2.45) is 5.41 Å². The van der Waals surface area contributed by atoms with Crippen molar-refractivity contribution in [3.05, 3.63) is 34.9 Å². The van der Waals surface area contributed by atoms with E-state index >= 15 is 0 Å². The number of aryl methyl sites for hydroxylation is 1. The smallest absolute Gasteiger partial charge is 0.169 e. The molecule has 1 saturated carbocycles. The van der Waals surface area contributed by atoms with Gasteiger partial charge in [0.05, 0.1) is 19.3 Å². The molecule has 0 radical (unpaired) electrons. The number of hydrogen-bond donors (Lipinski definition) is 0. The van der Waals surface area contributed by atoms with E-state index in [-0.39, 0.29) is 11.7 Å². The number of carbonyl (C=O) groups excluding carboxylic acids is 1. The van der Waals surface area contributed by atoms with Crippen LogP contribution in [0.15, 0.2) is 18.2 Å². The van der Waals surface area contributed by atoms with E-state index in [0.717, 1.165) is 50.5 Å². The van der Waals surface area contributed by atoms with Gasteiger partial charge in [-0.05, 0) is 55.7 Å². The summed E-state index contributed by atoms with van der Waals surface area (Å²) in [5, 5.41) is 0. The average molecular weight is 330 g/mol. The highest BCUT2D eigenvalue weighted by Gasteiger charge is 2.47. The van der Waals surface area contributed by atoms with Gasteiger partial charge in [-0.2, -0.15) is 0 Å². The predicted octanol–water partition coefficient (Wildman–Crippen LogP) is 3.31. The van der Waals surface area contributed by atoms with E-state index in [4.69, 9.17) is 14.2 Å². The maximum Gasteiger partial charge on any atom is 0.169 e. The van der Waals surface area contributed by atoms with Gasteiger partial charge in [0.1, 0.15) is 0 Å². The number of ether oxygens (including phenoxy) is 3. The van der Waals surface area contributed by atoms with Crippen LogP contribution in [-0.2, 0) is 27.1 Å². The molecule has 0 amide bonds. The van der Waals surface area contributed by atoms with E-state index in [0.29, 0.717) is 25.1 Å². The molecule has 1 aromatic carbocycles. The number of carbonyl (C=O) groups is 1. The first kappa shape index (κ1) is 16.2. The lowest BCUT2D eigenvalue weighted by Crippen LogP contribution is -2.35. The zero-order chi connectivity index (χ0) is 16.6. The number of rotatable bonds is 4. The largest absolute Gasteiger partial charge is 0.381 e. The summed E-state index contributed by atoms with van der Waals surface area (Å²) in [5.41, 5.74) is 3.24. The van der Waals surface area contributed by atoms with Crippen molar-refractivity contribution in [2.75, 3.05) is 20.3 Å². The lowest BCUT2D eigenvalue weighted by molar-refractivity contribution is -0.0461. The summed E-state index contributed by atoms with van der Waals surface area (Å²) >= 11 is 0. The summed E-state index contributed by atoms with van der Waals surface area (Å²) in [5.74, 6) is 0.363. The average Bonchev–Trinajstić information content (AvgIpc) is 3.22. The maximum atomic E-state index is 13.1. The van der Waals surface area contributed by atoms with Gasteiger partial charge < -0.3 is 14.2 Å². The summed E-state index contributed by atoms with van der Waals surface area (Å²) < 4.78 is 16.5. The lowest BCUT2D eigenvalue weighted by Gasteiger charge is -2.35. The number of methoxy groups -OCH3 is 1. The molecule has 0 N–H and O–H groups in total. The first-order valence-corrected chi connectivity index (χ1v) is 9.13. The molecule has 0 unspecified atom stereocenters. The van der Waals surface area contributed by atoms with E-state index in [1.165, 1.54) is 11.1 Å². The van der Waals surface area contributed by atoms with Crippen LogP contribution in [0.3, 0.4) is 0 Å². The Morgan fingerprint density at radius 1 is 1.21 bits per heavy atom. The van der Waals surface area contributed by atoms with Crippen molar-refractivity contribution < 1.29 is 19.0 Å². The van der Waals surface area contributed by atoms with Crippen molar-refractivity contribution in [1.82, 2.24) is 0 Å². The van der Waals surface area contributed by atoms with Gasteiger partial charge in [0.15, 0.2) is 12.1 Å². The number of hydrogen-bond acceptors (Lipinski definition) is 4. The number of Topliss-reactive ketones (excluding diaryl/α,β-unsaturated/α-hetero) is 1. The minimum atomic E-state index is -0.159. The third kappa shape index (κ3) is 2.92. The second-order valence-electron chi connectivity index (χ2n) is 7.42. The highest BCUT2D eigenvalue weighted by Crippen LogP contribution is 2.47. The highest BCUT2D eigenvalue weighted by atomic mass is 16.7. The van der Waals surface area contributed by atoms with Crippen LogP contribution in [0, 0.1) is 5.41 Å². The molecule has 4 heteroatoms. The molecule has 1 saturated heterocycles. The third-order valence-corrected chi connectivity index (χ3v) is 6.01. The lowest BCUT2D eigenvalue weighted by atomic mass is 9.70. The van der Waals surface area contributed by atoms with Crippen LogP contribution in [-0.4, -0.2) is 38.5 Å². The van der Waals surface area contributed by atoms with Crippen LogP contribution < -0.4 is 0 Å². The molecule has 24 heavy (non-hydrogen) atoms. The van der Waals surface area contributed by atoms with Crippen LogP contribution in [0.5, 0.6) is 0 Å². The second-order valence-corrected chi connectivity index (χ2v) is 7.42. The number of fused-ring (bicyclic) bond motifs is 1. The topological polar surface area (TPSA) is 44.8 Å². The molecule has 1 spiro atoms. The first-order valence-electron chi connectivity index (χ1n) is 9.13. The van der Waals surface area contributed by atoms with Crippen LogP contribution in [0.25, 0.3) is 0 Å². The van der Waals surface area contributed by atoms with E-state index < -0.39 is 0 Å². The molecule has 0 bridgehead atoms. The Balaban J connectivity index is 1.46. The van der Waals surface area contributed by atoms with Gasteiger partial charge in [-0.15, -0.1) is 0 Å². The van der Waals surface area contributed by atoms with Crippen molar-refractivity contribution >= 4 is 5.78 Å². The van der Waals surface area contributed by atoms with E-state index in [2.05, 4.69) is 18.2 Å². The van der Waals surface area contributed by atoms with Gasteiger partial charge in [0.2, 0.25) is 0 Å². The number of benzene rings is 1. The maximum absolute atomic E-state index is 13.1. The molecule has 130 valence electrons. The fourth-order valence-corrected chi connectivity index (χ4v) is 4.52. The highest BCUT2D eigenvalue weighted by molar-refractivity contribution is 6.05. The van der Waals surface area contributed by atoms with Crippen LogP contribution >= 0.6 is 0 Å². The van der Waals surface area contributed by atoms with Crippen molar-refractivity contribution in [3.63, 3.8) is 0 Å². The Kier molecular flexibility index (Phi) is 4.46. The van der Waals surface area contributed by atoms with Crippen molar-refractivity contribution in [1.29, 1.82) is 0 Å². The monoisotopic (exact) mass is 330 g/mol. The Morgan fingerprint density at radius 3 is 2.67 bits per heavy atom. The van der Waals surface area contributed by atoms with E-state index in [1.807, 2.05) is 0 Å². The van der Waals surface area contributed by atoms with E-state index in [1.54, 1.807) is 7.11 Å². The van der Waals surface area contributed by atoms with Gasteiger partial charge >= 0.3 is 0 Å². The Bertz CT molecular complexity index is 610. The normalized spacial score (nSPS) is 30.2. The molecule has 1 aliphatic heterocycles. The van der Waals surface area contributed by atoms with Gasteiger partial charge in [-0.1, -0.05) is 12.1 Å². The molecular weight excluding hydrogens is 304 g/mol. The fraction of sp³-hybridized carbons (Fsp3) is 0.650. The molecule has 4 rings (SSSR count). The van der Waals surface area contributed by atoms with Gasteiger partial charge in [-0.25, -0.2) is 0 Å². The Labute approximate surface area is 143 Å². The standard InChI is InChI=1S/C20H26O4/c1-22-16-6-8-20(9-7-16)13-15-4-2-14(12-17(15)19(20)21)3-5-18-23-10-11-24-18/h2,4,12,16,18H,3,5-11,13H2,1H3. The molecule has 0 aromatic heterocycles. The summed E-state index contributed by atoms with van der Waals surface area (Å²) in [7, 11) is 1.78. The summed E-state index contributed by atoms with van der Waals surface area (Å²) in [6, 6.07) is 6.45. The van der Waals surface area contributed by atoms with Crippen molar-refractivity contribution in [2.45, 2.75) is 57.3 Å². The van der Waals surface area contributed by atoms with Gasteiger partial charge in [0.25, 0.3) is 0 Å². The number of ketones is 1. The van der Waals surface area contributed by atoms with Crippen LogP contribution in [0.4, 0.5) is 0 Å². The van der Waals surface area contributed by atoms with Crippen LogP contribution in [0.2, 0.25) is 0 Å². The van der Waals surface area contributed by atoms with Gasteiger partial charge in [0, 0.05) is 24.5 Å². The van der Waals surface area contributed by atoms with E-state index in [9.17, 15) is 4.79 Å². The summed E-state index contributed by atoms with van der Waals surface area (Å²) in [6.45, 7) is 1.39. The zero-order valence-corrected chi connectivity index (χ0v) is 14.4. The third-order valence-electron chi connectivity index (χ3n) is 6.01. The molecule has 0 atom stereocenters. The Morgan fingerprint density at radius 2 is 1.96 bits per heavy atom. The fourth-order valence-electron chi connectivity index (χ4n) is 4.52. The Hall–Kier alpha value is -1.23. The molecule has 2 aliphatic carbocycles. The first-order chi connectivity index (χ1) is 11.7. The molecule has 1 heterocycles. The molecule has 4 nitrogen and oxygen atoms in total. The molecule has 2 fully saturated rings. The predicted molar refractivity (Wildman–Crippen MR) is 90.2 cm³/mol. The molecule has 3 aliphatic rings. The quantitative estimate of drug-likeness (QED) is 0.850. The summed E-state index contributed by atoms with van der Waals surface area (Å²) in [4.78, 5) is 13.1. The van der Waals surface area contributed by atoms with Crippen molar-refractivity contribution in [3.8, 4) is 0 Å².